The zero-order valence-electron chi connectivity index (χ0n) is 5.88. The minimum absolute atomic E-state index is 0.181. The number of fused-ring (bicyclic) bond motifs is 1. The lowest BCUT2D eigenvalue weighted by atomic mass is 10.4. The van der Waals surface area contributed by atoms with Crippen molar-refractivity contribution in [3.8, 4) is 0 Å². The lowest BCUT2D eigenvalue weighted by molar-refractivity contribution is 1.04. The summed E-state index contributed by atoms with van der Waals surface area (Å²) in [6.07, 6.45) is 1.51. The van der Waals surface area contributed by atoms with Gasteiger partial charge in [-0.25, -0.2) is 9.97 Å². The van der Waals surface area contributed by atoms with Crippen molar-refractivity contribution in [3.05, 3.63) is 22.4 Å². The first-order chi connectivity index (χ1) is 5.27. The molecule has 0 amide bonds. The van der Waals surface area contributed by atoms with Gasteiger partial charge in [-0.05, 0) is 6.92 Å². The van der Waals surface area contributed by atoms with Crippen LogP contribution in [-0.4, -0.2) is 20.2 Å². The highest BCUT2D eigenvalue weighted by molar-refractivity contribution is 5.71. The Morgan fingerprint density at radius 2 is 2.27 bits per heavy atom. The molecule has 0 aromatic carbocycles. The second-order valence-electron chi connectivity index (χ2n) is 2.26. The highest BCUT2D eigenvalue weighted by Crippen LogP contribution is 1.99. The van der Waals surface area contributed by atoms with Gasteiger partial charge in [-0.15, -0.1) is 0 Å². The van der Waals surface area contributed by atoms with Crippen molar-refractivity contribution >= 4 is 11.0 Å². The van der Waals surface area contributed by atoms with Crippen LogP contribution in [-0.2, 0) is 0 Å². The Morgan fingerprint density at radius 3 is 3.09 bits per heavy atom. The first kappa shape index (κ1) is 6.09. The zero-order valence-corrected chi connectivity index (χ0v) is 5.88. The van der Waals surface area contributed by atoms with E-state index in [1.165, 1.54) is 6.20 Å². The molecule has 5 nitrogen and oxygen atoms in total. The van der Waals surface area contributed by atoms with Gasteiger partial charge in [0.25, 0.3) is 5.56 Å². The molecule has 2 N–H and O–H groups in total. The van der Waals surface area contributed by atoms with Crippen LogP contribution in [0.15, 0.2) is 11.0 Å². The minimum atomic E-state index is -0.181. The summed E-state index contributed by atoms with van der Waals surface area (Å²) in [7, 11) is 0. The van der Waals surface area contributed by atoms with Crippen molar-refractivity contribution in [2.75, 3.05) is 0 Å². The predicted molar refractivity (Wildman–Crippen MR) is 39.2 cm³/mol. The fourth-order valence-corrected chi connectivity index (χ4v) is 0.915. The van der Waals surface area contributed by atoms with Crippen LogP contribution in [0.3, 0.4) is 0 Å². The molecule has 11 heavy (non-hydrogen) atoms. The number of aromatic nitrogens is 4. The molecule has 0 aliphatic rings. The van der Waals surface area contributed by atoms with Gasteiger partial charge in [0.2, 0.25) is 0 Å². The molecule has 0 unspecified atom stereocenters. The molecule has 0 aliphatic carbocycles. The fraction of sp³-hybridized carbons (Fsp3) is 0.167. The zero-order chi connectivity index (χ0) is 7.84. The molecule has 5 heteroatoms. The lowest BCUT2D eigenvalue weighted by Gasteiger charge is -1.87. The average Bonchev–Trinajstić information content (AvgIpc) is 2.32. The molecule has 0 atom stereocenters. The topological polar surface area (TPSA) is 74.4 Å². The highest BCUT2D eigenvalue weighted by atomic mass is 16.1. The van der Waals surface area contributed by atoms with E-state index in [0.717, 1.165) is 0 Å². The molecule has 2 heterocycles. The van der Waals surface area contributed by atoms with Gasteiger partial charge in [0.05, 0.1) is 0 Å². The van der Waals surface area contributed by atoms with E-state index < -0.39 is 0 Å². The van der Waals surface area contributed by atoms with Crippen molar-refractivity contribution in [2.24, 2.45) is 0 Å². The van der Waals surface area contributed by atoms with Crippen LogP contribution in [0.5, 0.6) is 0 Å². The number of rotatable bonds is 0. The molecule has 0 bridgehead atoms. The first-order valence-corrected chi connectivity index (χ1v) is 3.17. The Balaban J connectivity index is 2.97. The third-order valence-corrected chi connectivity index (χ3v) is 1.45. The van der Waals surface area contributed by atoms with Crippen molar-refractivity contribution in [1.82, 2.24) is 20.2 Å². The standard InChI is InChI=1S/C6H6N4O/c1-3-7-2-4-5(8-3)9-10-6(4)11/h2H,1H3,(H2,7,8,9,10,11). The smallest absolute Gasteiger partial charge is 0.275 e. The van der Waals surface area contributed by atoms with E-state index in [1.807, 2.05) is 0 Å². The molecule has 0 aliphatic heterocycles. The summed E-state index contributed by atoms with van der Waals surface area (Å²) in [4.78, 5) is 18.8. The van der Waals surface area contributed by atoms with Crippen LogP contribution in [0.2, 0.25) is 0 Å². The number of hydrogen-bond donors (Lipinski definition) is 2. The van der Waals surface area contributed by atoms with Crippen molar-refractivity contribution < 1.29 is 0 Å². The fourth-order valence-electron chi connectivity index (χ4n) is 0.915. The van der Waals surface area contributed by atoms with Crippen molar-refractivity contribution in [3.63, 3.8) is 0 Å². The summed E-state index contributed by atoms with van der Waals surface area (Å²) in [5.74, 6) is 0.646. The molecule has 0 fully saturated rings. The number of nitrogens with one attached hydrogen (secondary N) is 2. The Morgan fingerprint density at radius 1 is 1.45 bits per heavy atom. The van der Waals surface area contributed by atoms with Crippen LogP contribution < -0.4 is 5.56 Å². The van der Waals surface area contributed by atoms with Gasteiger partial charge in [0, 0.05) is 6.20 Å². The van der Waals surface area contributed by atoms with E-state index in [9.17, 15) is 4.79 Å². The van der Waals surface area contributed by atoms with Crippen LogP contribution in [0, 0.1) is 6.92 Å². The van der Waals surface area contributed by atoms with Gasteiger partial charge in [-0.1, -0.05) is 0 Å². The van der Waals surface area contributed by atoms with E-state index >= 15 is 0 Å². The summed E-state index contributed by atoms with van der Waals surface area (Å²) >= 11 is 0. The second-order valence-corrected chi connectivity index (χ2v) is 2.26. The van der Waals surface area contributed by atoms with Crippen molar-refractivity contribution in [2.45, 2.75) is 6.92 Å². The minimum Gasteiger partial charge on any atom is -0.281 e. The molecule has 2 rings (SSSR count). The van der Waals surface area contributed by atoms with Gasteiger partial charge in [0.15, 0.2) is 5.65 Å². The molecular weight excluding hydrogens is 144 g/mol. The van der Waals surface area contributed by atoms with E-state index in [0.29, 0.717) is 16.9 Å². The SMILES string of the molecule is Cc1ncc2c(=O)[nH][nH]c2n1. The van der Waals surface area contributed by atoms with Gasteiger partial charge >= 0.3 is 0 Å². The summed E-state index contributed by atoms with van der Waals surface area (Å²) in [5.41, 5.74) is 0.377. The number of hydrogen-bond acceptors (Lipinski definition) is 3. The van der Waals surface area contributed by atoms with Crippen LogP contribution >= 0.6 is 0 Å². The number of H-pyrrole nitrogens is 2. The quantitative estimate of drug-likeness (QED) is 0.553. The molecule has 0 spiro atoms. The maximum Gasteiger partial charge on any atom is 0.275 e. The van der Waals surface area contributed by atoms with Gasteiger partial charge in [0.1, 0.15) is 11.2 Å². The highest BCUT2D eigenvalue weighted by Gasteiger charge is 2.00. The van der Waals surface area contributed by atoms with E-state index in [2.05, 4.69) is 20.2 Å². The molecule has 2 aromatic rings. The van der Waals surface area contributed by atoms with Gasteiger partial charge < -0.3 is 0 Å². The average molecular weight is 150 g/mol. The normalized spacial score (nSPS) is 10.6. The monoisotopic (exact) mass is 150 g/mol. The Hall–Kier alpha value is -1.65. The third kappa shape index (κ3) is 0.813. The Kier molecular flexibility index (Phi) is 1.06. The largest absolute Gasteiger partial charge is 0.281 e. The van der Waals surface area contributed by atoms with Crippen molar-refractivity contribution in [1.29, 1.82) is 0 Å². The second kappa shape index (κ2) is 1.91. The molecule has 0 saturated heterocycles. The number of nitrogens with zero attached hydrogens (tertiary/aromatic N) is 2. The van der Waals surface area contributed by atoms with E-state index in [1.54, 1.807) is 6.92 Å². The molecule has 2 aromatic heterocycles. The molecule has 56 valence electrons. The maximum atomic E-state index is 10.9. The molecule has 0 saturated carbocycles. The molecule has 0 radical (unpaired) electrons. The number of aromatic amines is 2. The summed E-state index contributed by atoms with van der Waals surface area (Å²) in [6.45, 7) is 1.77. The first-order valence-electron chi connectivity index (χ1n) is 3.17. The van der Waals surface area contributed by atoms with Crippen LogP contribution in [0.25, 0.3) is 11.0 Å². The lowest BCUT2D eigenvalue weighted by Crippen LogP contribution is -1.98. The van der Waals surface area contributed by atoms with E-state index in [4.69, 9.17) is 0 Å². The summed E-state index contributed by atoms with van der Waals surface area (Å²) in [5, 5.41) is 5.56. The Bertz CT molecular complexity index is 441. The van der Waals surface area contributed by atoms with Gasteiger partial charge in [-0.2, -0.15) is 0 Å². The van der Waals surface area contributed by atoms with Crippen LogP contribution in [0.1, 0.15) is 5.82 Å². The predicted octanol–water partition coefficient (Wildman–Crippen LogP) is -0.0454. The molecular formula is C6H6N4O. The summed E-state index contributed by atoms with van der Waals surface area (Å²) in [6, 6.07) is 0. The van der Waals surface area contributed by atoms with Gasteiger partial charge in [-0.3, -0.25) is 15.0 Å². The maximum absolute atomic E-state index is 10.9. The van der Waals surface area contributed by atoms with Crippen LogP contribution in [0.4, 0.5) is 0 Å². The number of aryl methyl sites for hydroxylation is 1. The van der Waals surface area contributed by atoms with E-state index in [-0.39, 0.29) is 5.56 Å². The Labute approximate surface area is 61.5 Å². The summed E-state index contributed by atoms with van der Waals surface area (Å²) < 4.78 is 0. The third-order valence-electron chi connectivity index (χ3n) is 1.45.